The Balaban J connectivity index is 1.48. The zero-order chi connectivity index (χ0) is 21.2. The summed E-state index contributed by atoms with van der Waals surface area (Å²) < 4.78 is 16.3. The van der Waals surface area contributed by atoms with Crippen LogP contribution in [0.1, 0.15) is 22.8 Å². The summed E-state index contributed by atoms with van der Waals surface area (Å²) in [5.74, 6) is 0.169. The fourth-order valence-electron chi connectivity index (χ4n) is 2.68. The van der Waals surface area contributed by atoms with Crippen LogP contribution in [-0.4, -0.2) is 25.1 Å². The molecule has 0 heterocycles. The molecule has 30 heavy (non-hydrogen) atoms. The highest BCUT2D eigenvalue weighted by molar-refractivity contribution is 5.96. The van der Waals surface area contributed by atoms with Gasteiger partial charge < -0.3 is 19.5 Å². The number of anilines is 1. The molecule has 0 aliphatic rings. The highest BCUT2D eigenvalue weighted by Gasteiger charge is 2.12. The molecule has 0 saturated heterocycles. The van der Waals surface area contributed by atoms with Gasteiger partial charge in [0, 0.05) is 0 Å². The van der Waals surface area contributed by atoms with E-state index in [0.29, 0.717) is 36.0 Å². The average molecular weight is 405 g/mol. The number of esters is 1. The lowest BCUT2D eigenvalue weighted by atomic mass is 10.2. The second kappa shape index (κ2) is 10.7. The maximum Gasteiger partial charge on any atom is 0.338 e. The quantitative estimate of drug-likeness (QED) is 0.532. The monoisotopic (exact) mass is 405 g/mol. The molecular formula is C24H23NO5. The molecule has 3 aromatic rings. The van der Waals surface area contributed by atoms with Crippen molar-refractivity contribution in [2.45, 2.75) is 13.5 Å². The molecule has 0 aliphatic heterocycles. The van der Waals surface area contributed by atoms with E-state index in [1.165, 1.54) is 0 Å². The number of amides is 1. The van der Waals surface area contributed by atoms with Crippen molar-refractivity contribution >= 4 is 17.6 Å². The number of carbonyl (C=O) groups is 2. The summed E-state index contributed by atoms with van der Waals surface area (Å²) in [6, 6.07) is 23.5. The summed E-state index contributed by atoms with van der Waals surface area (Å²) >= 11 is 0. The smallest absolute Gasteiger partial charge is 0.338 e. The molecule has 154 valence electrons. The Labute approximate surface area is 175 Å². The minimum Gasteiger partial charge on any atom is -0.492 e. The van der Waals surface area contributed by atoms with Crippen LogP contribution in [0.15, 0.2) is 78.9 Å². The first-order chi connectivity index (χ1) is 14.7. The number of carbonyl (C=O) groups excluding carboxylic acids is 2. The summed E-state index contributed by atoms with van der Waals surface area (Å²) in [5.41, 5.74) is 1.92. The van der Waals surface area contributed by atoms with Crippen LogP contribution in [0.3, 0.4) is 0 Å². The summed E-state index contributed by atoms with van der Waals surface area (Å²) in [6.45, 7) is 2.38. The van der Waals surface area contributed by atoms with Crippen LogP contribution < -0.4 is 14.8 Å². The number of hydrogen-bond donors (Lipinski definition) is 1. The molecule has 0 radical (unpaired) electrons. The molecule has 0 aromatic heterocycles. The standard InChI is InChI=1S/C24H23NO5/c1-2-28-22-11-7-6-10-21(22)25-23(26)17-30-24(27)19-12-14-20(15-13-19)29-16-18-8-4-3-5-9-18/h3-15H,2,16-17H2,1H3,(H,25,26). The first-order valence-corrected chi connectivity index (χ1v) is 9.61. The second-order valence-corrected chi connectivity index (χ2v) is 6.35. The van der Waals surface area contributed by atoms with Crippen LogP contribution in [0.4, 0.5) is 5.69 Å². The van der Waals surface area contributed by atoms with Crippen molar-refractivity contribution in [2.24, 2.45) is 0 Å². The van der Waals surface area contributed by atoms with E-state index in [1.807, 2.05) is 43.3 Å². The van der Waals surface area contributed by atoms with E-state index in [2.05, 4.69) is 5.32 Å². The maximum absolute atomic E-state index is 12.2. The molecule has 0 atom stereocenters. The second-order valence-electron chi connectivity index (χ2n) is 6.35. The predicted molar refractivity (Wildman–Crippen MR) is 114 cm³/mol. The van der Waals surface area contributed by atoms with Crippen LogP contribution in [0.25, 0.3) is 0 Å². The van der Waals surface area contributed by atoms with Crippen LogP contribution >= 0.6 is 0 Å². The van der Waals surface area contributed by atoms with Crippen molar-refractivity contribution in [3.63, 3.8) is 0 Å². The number of ether oxygens (including phenoxy) is 3. The van der Waals surface area contributed by atoms with Gasteiger partial charge in [-0.1, -0.05) is 42.5 Å². The molecule has 0 saturated carbocycles. The summed E-state index contributed by atoms with van der Waals surface area (Å²) in [4.78, 5) is 24.3. The van der Waals surface area contributed by atoms with Crippen LogP contribution in [0.2, 0.25) is 0 Å². The fraction of sp³-hybridized carbons (Fsp3) is 0.167. The van der Waals surface area contributed by atoms with Gasteiger partial charge in [0.1, 0.15) is 18.1 Å². The molecule has 0 aliphatic carbocycles. The molecule has 0 spiro atoms. The van der Waals surface area contributed by atoms with Gasteiger partial charge in [0.2, 0.25) is 0 Å². The molecular weight excluding hydrogens is 382 g/mol. The Kier molecular flexibility index (Phi) is 7.44. The van der Waals surface area contributed by atoms with Gasteiger partial charge in [-0.2, -0.15) is 0 Å². The molecule has 3 rings (SSSR count). The van der Waals surface area contributed by atoms with Gasteiger partial charge in [-0.05, 0) is 48.9 Å². The Morgan fingerprint density at radius 2 is 1.53 bits per heavy atom. The maximum atomic E-state index is 12.2. The minimum absolute atomic E-state index is 0.338. The number of para-hydroxylation sites is 2. The van der Waals surface area contributed by atoms with Crippen molar-refractivity contribution in [3.8, 4) is 11.5 Å². The first-order valence-electron chi connectivity index (χ1n) is 9.61. The van der Waals surface area contributed by atoms with Gasteiger partial charge in [-0.3, -0.25) is 4.79 Å². The number of benzene rings is 3. The van der Waals surface area contributed by atoms with Crippen LogP contribution in [0.5, 0.6) is 11.5 Å². The van der Waals surface area contributed by atoms with Gasteiger partial charge in [-0.25, -0.2) is 4.79 Å². The van der Waals surface area contributed by atoms with Crippen molar-refractivity contribution in [1.82, 2.24) is 0 Å². The molecule has 0 unspecified atom stereocenters. The summed E-state index contributed by atoms with van der Waals surface area (Å²) in [6.07, 6.45) is 0. The third kappa shape index (κ3) is 6.10. The van der Waals surface area contributed by atoms with Gasteiger partial charge in [0.05, 0.1) is 17.9 Å². The molecule has 6 nitrogen and oxygen atoms in total. The largest absolute Gasteiger partial charge is 0.492 e. The van der Waals surface area contributed by atoms with E-state index >= 15 is 0 Å². The van der Waals surface area contributed by atoms with Gasteiger partial charge in [0.25, 0.3) is 5.91 Å². The van der Waals surface area contributed by atoms with Gasteiger partial charge in [-0.15, -0.1) is 0 Å². The van der Waals surface area contributed by atoms with Crippen molar-refractivity contribution in [3.05, 3.63) is 90.0 Å². The molecule has 0 fully saturated rings. The fourth-order valence-corrected chi connectivity index (χ4v) is 2.68. The minimum atomic E-state index is -0.585. The third-order valence-electron chi connectivity index (χ3n) is 4.13. The first kappa shape index (κ1) is 20.9. The highest BCUT2D eigenvalue weighted by Crippen LogP contribution is 2.23. The van der Waals surface area contributed by atoms with Gasteiger partial charge >= 0.3 is 5.97 Å². The highest BCUT2D eigenvalue weighted by atomic mass is 16.5. The number of nitrogens with one attached hydrogen (secondary N) is 1. The topological polar surface area (TPSA) is 73.9 Å². The predicted octanol–water partition coefficient (Wildman–Crippen LogP) is 4.46. The normalized spacial score (nSPS) is 10.2. The van der Waals surface area contributed by atoms with Crippen molar-refractivity contribution in [1.29, 1.82) is 0 Å². The number of rotatable bonds is 9. The third-order valence-corrected chi connectivity index (χ3v) is 4.13. The zero-order valence-corrected chi connectivity index (χ0v) is 16.7. The molecule has 1 amide bonds. The SMILES string of the molecule is CCOc1ccccc1NC(=O)COC(=O)c1ccc(OCc2ccccc2)cc1. The molecule has 0 bridgehead atoms. The Morgan fingerprint density at radius 1 is 0.833 bits per heavy atom. The summed E-state index contributed by atoms with van der Waals surface area (Å²) in [5, 5.41) is 2.68. The van der Waals surface area contributed by atoms with E-state index in [0.717, 1.165) is 5.56 Å². The van der Waals surface area contributed by atoms with Crippen LogP contribution in [0, 0.1) is 0 Å². The lowest BCUT2D eigenvalue weighted by Crippen LogP contribution is -2.21. The van der Waals surface area contributed by atoms with E-state index in [1.54, 1.807) is 42.5 Å². The summed E-state index contributed by atoms with van der Waals surface area (Å²) in [7, 11) is 0. The Hall–Kier alpha value is -3.80. The molecule has 6 heteroatoms. The van der Waals surface area contributed by atoms with E-state index < -0.39 is 18.5 Å². The van der Waals surface area contributed by atoms with E-state index in [-0.39, 0.29) is 0 Å². The zero-order valence-electron chi connectivity index (χ0n) is 16.7. The average Bonchev–Trinajstić information content (AvgIpc) is 2.78. The van der Waals surface area contributed by atoms with E-state index in [4.69, 9.17) is 14.2 Å². The van der Waals surface area contributed by atoms with Crippen molar-refractivity contribution < 1.29 is 23.8 Å². The Morgan fingerprint density at radius 3 is 2.27 bits per heavy atom. The van der Waals surface area contributed by atoms with Crippen molar-refractivity contribution in [2.75, 3.05) is 18.5 Å². The lowest BCUT2D eigenvalue weighted by molar-refractivity contribution is -0.119. The van der Waals surface area contributed by atoms with Crippen LogP contribution in [-0.2, 0) is 16.1 Å². The Bertz CT molecular complexity index is 970. The van der Waals surface area contributed by atoms with E-state index in [9.17, 15) is 9.59 Å². The van der Waals surface area contributed by atoms with Gasteiger partial charge in [0.15, 0.2) is 6.61 Å². The molecule has 3 aromatic carbocycles. The lowest BCUT2D eigenvalue weighted by Gasteiger charge is -2.11. The molecule has 1 N–H and O–H groups in total. The number of hydrogen-bond acceptors (Lipinski definition) is 5.